The van der Waals surface area contributed by atoms with Gasteiger partial charge in [-0.2, -0.15) is 0 Å². The molecule has 0 aliphatic carbocycles. The van der Waals surface area contributed by atoms with Crippen molar-refractivity contribution < 1.29 is 14.3 Å². The molecule has 128 valence electrons. The maximum Gasteiger partial charge on any atom is 0.243 e. The van der Waals surface area contributed by atoms with Crippen LogP contribution < -0.4 is 19.7 Å². The number of hydrogen-bond acceptors (Lipinski definition) is 4. The number of hydrogen-bond donors (Lipinski definition) is 1. The molecule has 0 aliphatic heterocycles. The Bertz CT molecular complexity index is 734. The summed E-state index contributed by atoms with van der Waals surface area (Å²) < 4.78 is 11.7. The average Bonchev–Trinajstić information content (AvgIpc) is 2.56. The van der Waals surface area contributed by atoms with Gasteiger partial charge in [-0.3, -0.25) is 4.79 Å². The topological polar surface area (TPSA) is 50.8 Å². The molecule has 0 saturated carbocycles. The van der Waals surface area contributed by atoms with Crippen LogP contribution in [0.3, 0.4) is 0 Å². The van der Waals surface area contributed by atoms with Gasteiger partial charge in [0.15, 0.2) is 11.5 Å². The van der Waals surface area contributed by atoms with Crippen molar-refractivity contribution >= 4 is 39.9 Å². The molecule has 0 unspecified atom stereocenters. The van der Waals surface area contributed by atoms with E-state index in [2.05, 4.69) is 27.9 Å². The minimum atomic E-state index is -0.0726. The average molecular weight is 440 g/mol. The number of ether oxygens (including phenoxy) is 2. The Hall–Kier alpha value is -1.96. The summed E-state index contributed by atoms with van der Waals surface area (Å²) in [4.78, 5) is 14.2. The van der Waals surface area contributed by atoms with Crippen LogP contribution in [0, 0.1) is 10.5 Å². The number of likely N-dealkylation sites (N-methyl/N-ethyl adjacent to an activating group) is 1. The Balaban J connectivity index is 2.06. The van der Waals surface area contributed by atoms with Crippen molar-refractivity contribution in [2.24, 2.45) is 0 Å². The fourth-order valence-corrected chi connectivity index (χ4v) is 2.97. The second-order valence-corrected chi connectivity index (χ2v) is 6.65. The summed E-state index contributed by atoms with van der Waals surface area (Å²) >= 11 is 2.25. The molecule has 0 aromatic heterocycles. The molecular formula is C18H21IN2O3. The van der Waals surface area contributed by atoms with Gasteiger partial charge in [0.1, 0.15) is 0 Å². The van der Waals surface area contributed by atoms with E-state index in [4.69, 9.17) is 9.47 Å². The Morgan fingerprint density at radius 2 is 1.83 bits per heavy atom. The van der Waals surface area contributed by atoms with Gasteiger partial charge < -0.3 is 19.7 Å². The first-order chi connectivity index (χ1) is 11.4. The van der Waals surface area contributed by atoms with Crippen LogP contribution in [-0.2, 0) is 4.79 Å². The zero-order valence-corrected chi connectivity index (χ0v) is 16.4. The van der Waals surface area contributed by atoms with Crippen LogP contribution >= 0.6 is 22.6 Å². The first-order valence-corrected chi connectivity index (χ1v) is 8.51. The van der Waals surface area contributed by atoms with E-state index in [9.17, 15) is 4.79 Å². The summed E-state index contributed by atoms with van der Waals surface area (Å²) in [7, 11) is 5.05. The number of amides is 1. The Labute approximate surface area is 156 Å². The Morgan fingerprint density at radius 1 is 1.12 bits per heavy atom. The number of carbonyl (C=O) groups is 1. The lowest BCUT2D eigenvalue weighted by Crippen LogP contribution is -2.30. The van der Waals surface area contributed by atoms with Crippen molar-refractivity contribution in [2.45, 2.75) is 6.92 Å². The maximum atomic E-state index is 12.3. The lowest BCUT2D eigenvalue weighted by molar-refractivity contribution is -0.114. The van der Waals surface area contributed by atoms with Gasteiger partial charge in [-0.15, -0.1) is 0 Å². The normalized spacial score (nSPS) is 10.2. The smallest absolute Gasteiger partial charge is 0.243 e. The van der Waals surface area contributed by atoms with Crippen LogP contribution in [0.1, 0.15) is 5.56 Å². The lowest BCUT2D eigenvalue weighted by Gasteiger charge is -2.20. The minimum Gasteiger partial charge on any atom is -0.493 e. The zero-order chi connectivity index (χ0) is 17.7. The fourth-order valence-electron chi connectivity index (χ4n) is 2.33. The van der Waals surface area contributed by atoms with Crippen LogP contribution in [0.4, 0.5) is 11.4 Å². The third-order valence-electron chi connectivity index (χ3n) is 3.65. The molecule has 1 amide bonds. The van der Waals surface area contributed by atoms with E-state index in [1.54, 1.807) is 14.2 Å². The first kappa shape index (κ1) is 18.4. The SMILES string of the molecule is COc1ccc(N(C)CC(=O)Nc2ccc(I)cc2C)cc1OC. The Morgan fingerprint density at radius 3 is 2.46 bits per heavy atom. The van der Waals surface area contributed by atoms with E-state index in [1.165, 1.54) is 0 Å². The zero-order valence-electron chi connectivity index (χ0n) is 14.2. The molecule has 1 N–H and O–H groups in total. The van der Waals surface area contributed by atoms with E-state index < -0.39 is 0 Å². The van der Waals surface area contributed by atoms with Gasteiger partial charge in [0, 0.05) is 28.1 Å². The second-order valence-electron chi connectivity index (χ2n) is 5.40. The predicted molar refractivity (Wildman–Crippen MR) is 105 cm³/mol. The van der Waals surface area contributed by atoms with Gasteiger partial charge in [-0.1, -0.05) is 0 Å². The van der Waals surface area contributed by atoms with Gasteiger partial charge in [-0.25, -0.2) is 0 Å². The number of halogens is 1. The van der Waals surface area contributed by atoms with Crippen LogP contribution in [0.15, 0.2) is 36.4 Å². The molecule has 0 aliphatic rings. The van der Waals surface area contributed by atoms with Crippen molar-refractivity contribution in [1.82, 2.24) is 0 Å². The van der Waals surface area contributed by atoms with Crippen molar-refractivity contribution in [1.29, 1.82) is 0 Å². The number of methoxy groups -OCH3 is 2. The van der Waals surface area contributed by atoms with Crippen molar-refractivity contribution in [3.63, 3.8) is 0 Å². The van der Waals surface area contributed by atoms with Crippen LogP contribution in [0.25, 0.3) is 0 Å². The van der Waals surface area contributed by atoms with Crippen LogP contribution in [0.2, 0.25) is 0 Å². The third-order valence-corrected chi connectivity index (χ3v) is 4.32. The number of carbonyl (C=O) groups excluding carboxylic acids is 1. The highest BCUT2D eigenvalue weighted by Gasteiger charge is 2.12. The summed E-state index contributed by atoms with van der Waals surface area (Å²) in [5, 5.41) is 2.95. The molecule has 0 fully saturated rings. The van der Waals surface area contributed by atoms with Crippen LogP contribution in [0.5, 0.6) is 11.5 Å². The van der Waals surface area contributed by atoms with Crippen molar-refractivity contribution in [2.75, 3.05) is 38.0 Å². The molecule has 0 saturated heterocycles. The number of nitrogens with one attached hydrogen (secondary N) is 1. The highest BCUT2D eigenvalue weighted by molar-refractivity contribution is 14.1. The molecule has 2 rings (SSSR count). The molecule has 6 heteroatoms. The summed E-state index contributed by atoms with van der Waals surface area (Å²) in [5.41, 5.74) is 2.76. The molecule has 0 bridgehead atoms. The molecule has 0 heterocycles. The second kappa shape index (κ2) is 8.23. The van der Waals surface area contributed by atoms with E-state index in [-0.39, 0.29) is 12.5 Å². The fraction of sp³-hybridized carbons (Fsp3) is 0.278. The molecule has 0 spiro atoms. The number of aryl methyl sites for hydroxylation is 1. The van der Waals surface area contributed by atoms with Gasteiger partial charge >= 0.3 is 0 Å². The van der Waals surface area contributed by atoms with Crippen LogP contribution in [-0.4, -0.2) is 33.7 Å². The Kier molecular flexibility index (Phi) is 6.30. The van der Waals surface area contributed by atoms with Gasteiger partial charge in [0.2, 0.25) is 5.91 Å². The van der Waals surface area contributed by atoms with E-state index >= 15 is 0 Å². The summed E-state index contributed by atoms with van der Waals surface area (Å²) in [6, 6.07) is 11.5. The number of anilines is 2. The maximum absolute atomic E-state index is 12.3. The van der Waals surface area contributed by atoms with E-state index in [0.29, 0.717) is 11.5 Å². The molecular weight excluding hydrogens is 419 g/mol. The number of rotatable bonds is 6. The highest BCUT2D eigenvalue weighted by Crippen LogP contribution is 2.31. The standard InChI is InChI=1S/C18H21IN2O3/c1-12-9-13(19)5-7-15(12)20-18(22)11-21(2)14-6-8-16(23-3)17(10-14)24-4/h5-10H,11H2,1-4H3,(H,20,22). The molecule has 0 radical (unpaired) electrons. The van der Waals surface area contributed by atoms with Crippen molar-refractivity contribution in [3.05, 3.63) is 45.5 Å². The first-order valence-electron chi connectivity index (χ1n) is 7.43. The third kappa shape index (κ3) is 4.53. The highest BCUT2D eigenvalue weighted by atomic mass is 127. The quantitative estimate of drug-likeness (QED) is 0.697. The summed E-state index contributed by atoms with van der Waals surface area (Å²) in [6.07, 6.45) is 0. The lowest BCUT2D eigenvalue weighted by atomic mass is 10.2. The molecule has 0 atom stereocenters. The predicted octanol–water partition coefficient (Wildman–Crippen LogP) is 3.69. The minimum absolute atomic E-state index is 0.0726. The summed E-state index contributed by atoms with van der Waals surface area (Å²) in [6.45, 7) is 2.22. The number of nitrogens with zero attached hydrogens (tertiary/aromatic N) is 1. The van der Waals surface area contributed by atoms with Crippen molar-refractivity contribution in [3.8, 4) is 11.5 Å². The largest absolute Gasteiger partial charge is 0.493 e. The van der Waals surface area contributed by atoms with Gasteiger partial charge in [0.05, 0.1) is 20.8 Å². The van der Waals surface area contributed by atoms with Gasteiger partial charge in [0.25, 0.3) is 0 Å². The monoisotopic (exact) mass is 440 g/mol. The molecule has 24 heavy (non-hydrogen) atoms. The number of benzene rings is 2. The molecule has 5 nitrogen and oxygen atoms in total. The van der Waals surface area contributed by atoms with Gasteiger partial charge in [-0.05, 0) is 65.4 Å². The van der Waals surface area contributed by atoms with E-state index in [1.807, 2.05) is 55.3 Å². The van der Waals surface area contributed by atoms with E-state index in [0.717, 1.165) is 20.5 Å². The molecule has 2 aromatic carbocycles. The molecule has 2 aromatic rings. The summed E-state index contributed by atoms with van der Waals surface area (Å²) in [5.74, 6) is 1.22.